The Hall–Kier alpha value is -1.12. The number of aliphatic carboxylic acids is 1. The molecule has 0 aliphatic rings. The van der Waals surface area contributed by atoms with Crippen molar-refractivity contribution in [2.24, 2.45) is 7.05 Å². The highest BCUT2D eigenvalue weighted by Crippen LogP contribution is 2.13. The van der Waals surface area contributed by atoms with E-state index in [0.29, 0.717) is 0 Å². The molecule has 0 bridgehead atoms. The van der Waals surface area contributed by atoms with Crippen molar-refractivity contribution in [2.45, 2.75) is 18.0 Å². The van der Waals surface area contributed by atoms with Gasteiger partial charge in [0, 0.05) is 7.05 Å². The minimum absolute atomic E-state index is 0.00310. The third kappa shape index (κ3) is 2.52. The summed E-state index contributed by atoms with van der Waals surface area (Å²) in [7, 11) is -2.52. The standard InChI is InChI=1S/C7H10ClN3O4S/c1-4(6(12)13)10-16(14,15)5-3-9-7(8)11(5)2/h3-4,10H,1-2H3,(H,12,13). The SMILES string of the molecule is CC(NS(=O)(=O)c1cnc(Cl)n1C)C(=O)O. The number of nitrogens with one attached hydrogen (secondary N) is 1. The van der Waals surface area contributed by atoms with Crippen molar-refractivity contribution >= 4 is 27.6 Å². The maximum Gasteiger partial charge on any atom is 0.321 e. The Morgan fingerprint density at radius 3 is 2.62 bits per heavy atom. The highest BCUT2D eigenvalue weighted by molar-refractivity contribution is 7.89. The second kappa shape index (κ2) is 4.40. The minimum atomic E-state index is -3.93. The van der Waals surface area contributed by atoms with Crippen molar-refractivity contribution in [3.8, 4) is 0 Å². The lowest BCUT2D eigenvalue weighted by Crippen LogP contribution is -2.38. The van der Waals surface area contributed by atoms with Crippen LogP contribution in [0.2, 0.25) is 5.28 Å². The van der Waals surface area contributed by atoms with E-state index < -0.39 is 22.0 Å². The van der Waals surface area contributed by atoms with Crippen molar-refractivity contribution in [1.29, 1.82) is 0 Å². The molecule has 1 aromatic rings. The van der Waals surface area contributed by atoms with E-state index in [1.54, 1.807) is 0 Å². The number of hydrogen-bond donors (Lipinski definition) is 2. The molecule has 1 heterocycles. The number of carbonyl (C=O) groups is 1. The normalized spacial score (nSPS) is 13.7. The largest absolute Gasteiger partial charge is 0.480 e. The molecule has 16 heavy (non-hydrogen) atoms. The van der Waals surface area contributed by atoms with Gasteiger partial charge in [-0.2, -0.15) is 4.72 Å². The maximum atomic E-state index is 11.7. The van der Waals surface area contributed by atoms with Gasteiger partial charge in [-0.1, -0.05) is 0 Å². The molecule has 0 amide bonds. The molecule has 0 spiro atoms. The monoisotopic (exact) mass is 267 g/mol. The number of aromatic nitrogens is 2. The Balaban J connectivity index is 3.04. The molecule has 9 heteroatoms. The van der Waals surface area contributed by atoms with E-state index in [1.807, 2.05) is 4.72 Å². The van der Waals surface area contributed by atoms with E-state index in [0.717, 1.165) is 10.8 Å². The number of sulfonamides is 1. The summed E-state index contributed by atoms with van der Waals surface area (Å²) in [5.41, 5.74) is 0. The average molecular weight is 268 g/mol. The lowest BCUT2D eigenvalue weighted by atomic mass is 10.4. The van der Waals surface area contributed by atoms with Gasteiger partial charge < -0.3 is 9.67 Å². The topological polar surface area (TPSA) is 101 Å². The Morgan fingerprint density at radius 1 is 1.69 bits per heavy atom. The number of nitrogens with zero attached hydrogens (tertiary/aromatic N) is 2. The quantitative estimate of drug-likeness (QED) is 0.788. The molecule has 0 saturated heterocycles. The van der Waals surface area contributed by atoms with Crippen LogP contribution >= 0.6 is 11.6 Å². The predicted octanol–water partition coefficient (Wildman–Crippen LogP) is -0.175. The molecule has 0 radical (unpaired) electrons. The van der Waals surface area contributed by atoms with Crippen molar-refractivity contribution in [1.82, 2.24) is 14.3 Å². The van der Waals surface area contributed by atoms with Gasteiger partial charge in [0.05, 0.1) is 6.20 Å². The molecule has 0 fully saturated rings. The number of carboxylic acid groups (broad SMARTS) is 1. The van der Waals surface area contributed by atoms with Crippen molar-refractivity contribution < 1.29 is 18.3 Å². The Kier molecular flexibility index (Phi) is 3.56. The Morgan fingerprint density at radius 2 is 2.25 bits per heavy atom. The zero-order valence-electron chi connectivity index (χ0n) is 8.51. The predicted molar refractivity (Wildman–Crippen MR) is 55.6 cm³/mol. The van der Waals surface area contributed by atoms with Crippen LogP contribution in [0.5, 0.6) is 0 Å². The first-order valence-electron chi connectivity index (χ1n) is 4.18. The summed E-state index contributed by atoms with van der Waals surface area (Å²) in [4.78, 5) is 14.1. The van der Waals surface area contributed by atoms with Crippen LogP contribution in [0.3, 0.4) is 0 Å². The van der Waals surface area contributed by atoms with E-state index >= 15 is 0 Å². The fraction of sp³-hybridized carbons (Fsp3) is 0.429. The number of hydrogen-bond acceptors (Lipinski definition) is 4. The van der Waals surface area contributed by atoms with Crippen LogP contribution in [0.25, 0.3) is 0 Å². The summed E-state index contributed by atoms with van der Waals surface area (Å²) < 4.78 is 26.5. The summed E-state index contributed by atoms with van der Waals surface area (Å²) in [5.74, 6) is -1.27. The van der Waals surface area contributed by atoms with E-state index in [1.165, 1.54) is 14.0 Å². The molecular weight excluding hydrogens is 258 g/mol. The molecule has 1 aromatic heterocycles. The molecule has 0 saturated carbocycles. The van der Waals surface area contributed by atoms with Gasteiger partial charge in [0.2, 0.25) is 5.28 Å². The van der Waals surface area contributed by atoms with Crippen LogP contribution in [0, 0.1) is 0 Å². The maximum absolute atomic E-state index is 11.7. The molecule has 1 rings (SSSR count). The van der Waals surface area contributed by atoms with Crippen molar-refractivity contribution in [3.05, 3.63) is 11.5 Å². The molecular formula is C7H10ClN3O4S. The molecule has 0 aromatic carbocycles. The van der Waals surface area contributed by atoms with E-state index in [9.17, 15) is 13.2 Å². The highest BCUT2D eigenvalue weighted by atomic mass is 35.5. The summed E-state index contributed by atoms with van der Waals surface area (Å²) in [6, 6.07) is -1.22. The summed E-state index contributed by atoms with van der Waals surface area (Å²) in [6.45, 7) is 1.22. The molecule has 1 unspecified atom stereocenters. The van der Waals surface area contributed by atoms with Gasteiger partial charge in [-0.05, 0) is 18.5 Å². The first-order chi connectivity index (χ1) is 7.25. The van der Waals surface area contributed by atoms with Crippen LogP contribution in [-0.4, -0.2) is 35.1 Å². The lowest BCUT2D eigenvalue weighted by Gasteiger charge is -2.10. The molecule has 1 atom stereocenters. The Bertz CT molecular complexity index is 510. The van der Waals surface area contributed by atoms with Crippen LogP contribution in [-0.2, 0) is 21.9 Å². The number of carboxylic acids is 1. The minimum Gasteiger partial charge on any atom is -0.480 e. The lowest BCUT2D eigenvalue weighted by molar-refractivity contribution is -0.138. The van der Waals surface area contributed by atoms with Crippen LogP contribution < -0.4 is 4.72 Å². The summed E-state index contributed by atoms with van der Waals surface area (Å²) in [6.07, 6.45) is 1.05. The van der Waals surface area contributed by atoms with Gasteiger partial charge >= 0.3 is 5.97 Å². The summed E-state index contributed by atoms with van der Waals surface area (Å²) in [5, 5.41) is 8.41. The number of halogens is 1. The fourth-order valence-electron chi connectivity index (χ4n) is 0.966. The highest BCUT2D eigenvalue weighted by Gasteiger charge is 2.24. The van der Waals surface area contributed by atoms with Gasteiger partial charge in [-0.15, -0.1) is 0 Å². The second-order valence-electron chi connectivity index (χ2n) is 3.11. The van der Waals surface area contributed by atoms with Crippen LogP contribution in [0.15, 0.2) is 11.2 Å². The van der Waals surface area contributed by atoms with Crippen molar-refractivity contribution in [3.63, 3.8) is 0 Å². The van der Waals surface area contributed by atoms with Crippen LogP contribution in [0.4, 0.5) is 0 Å². The van der Waals surface area contributed by atoms with E-state index in [4.69, 9.17) is 16.7 Å². The molecule has 90 valence electrons. The molecule has 0 aliphatic carbocycles. The fourth-order valence-corrected chi connectivity index (χ4v) is 2.48. The van der Waals surface area contributed by atoms with Crippen LogP contribution in [0.1, 0.15) is 6.92 Å². The third-order valence-electron chi connectivity index (χ3n) is 1.87. The zero-order chi connectivity index (χ0) is 12.5. The van der Waals surface area contributed by atoms with E-state index in [-0.39, 0.29) is 10.3 Å². The zero-order valence-corrected chi connectivity index (χ0v) is 10.1. The molecule has 0 aliphatic heterocycles. The average Bonchev–Trinajstić information content (AvgIpc) is 2.47. The number of imidazole rings is 1. The second-order valence-corrected chi connectivity index (χ2v) is 5.10. The van der Waals surface area contributed by atoms with Gasteiger partial charge in [0.15, 0.2) is 5.03 Å². The van der Waals surface area contributed by atoms with Gasteiger partial charge in [0.1, 0.15) is 6.04 Å². The number of rotatable bonds is 4. The van der Waals surface area contributed by atoms with Crippen molar-refractivity contribution in [2.75, 3.05) is 0 Å². The van der Waals surface area contributed by atoms with Gasteiger partial charge in [0.25, 0.3) is 10.0 Å². The first-order valence-corrected chi connectivity index (χ1v) is 6.04. The molecule has 7 nitrogen and oxygen atoms in total. The van der Waals surface area contributed by atoms with E-state index in [2.05, 4.69) is 4.98 Å². The van der Waals surface area contributed by atoms with Gasteiger partial charge in [-0.3, -0.25) is 4.79 Å². The first kappa shape index (κ1) is 12.9. The van der Waals surface area contributed by atoms with Gasteiger partial charge in [-0.25, -0.2) is 13.4 Å². The third-order valence-corrected chi connectivity index (χ3v) is 3.81. The Labute approximate surface area is 97.1 Å². The smallest absolute Gasteiger partial charge is 0.321 e. The summed E-state index contributed by atoms with van der Waals surface area (Å²) >= 11 is 5.58. The molecule has 2 N–H and O–H groups in total.